The number of para-hydroxylation sites is 1. The van der Waals surface area contributed by atoms with Gasteiger partial charge in [-0.15, -0.1) is 0 Å². The number of aromatic nitrogens is 1. The minimum absolute atomic E-state index is 0.135. The Morgan fingerprint density at radius 3 is 2.18 bits per heavy atom. The molecule has 0 spiro atoms. The first-order valence-electron chi connectivity index (χ1n) is 9.59. The topological polar surface area (TPSA) is 22.1 Å². The van der Waals surface area contributed by atoms with Gasteiger partial charge in [-0.2, -0.15) is 0 Å². The van der Waals surface area contributed by atoms with E-state index in [-0.39, 0.29) is 5.92 Å². The van der Waals surface area contributed by atoms with E-state index in [1.54, 1.807) is 0 Å². The number of nitrogens with zero attached hydrogens (tertiary/aromatic N) is 1. The third-order valence-corrected chi connectivity index (χ3v) is 4.91. The first kappa shape index (κ1) is 18.0. The van der Waals surface area contributed by atoms with Crippen molar-refractivity contribution < 1.29 is 4.74 Å². The van der Waals surface area contributed by atoms with Crippen LogP contribution in [0.4, 0.5) is 0 Å². The van der Waals surface area contributed by atoms with Crippen LogP contribution < -0.4 is 4.74 Å². The number of ether oxygens (including phenoxy) is 1. The third kappa shape index (κ3) is 4.12. The van der Waals surface area contributed by atoms with Crippen LogP contribution in [0.3, 0.4) is 0 Å². The molecule has 0 saturated carbocycles. The summed E-state index contributed by atoms with van der Waals surface area (Å²) in [5.74, 6) is 1.04. The molecule has 1 atom stereocenters. The van der Waals surface area contributed by atoms with Crippen LogP contribution in [0.15, 0.2) is 103 Å². The van der Waals surface area contributed by atoms with Gasteiger partial charge in [0.05, 0.1) is 5.69 Å². The van der Waals surface area contributed by atoms with Crippen molar-refractivity contribution in [2.75, 3.05) is 0 Å². The van der Waals surface area contributed by atoms with Crippen molar-refractivity contribution in [3.63, 3.8) is 0 Å². The molecule has 0 aliphatic carbocycles. The van der Waals surface area contributed by atoms with Gasteiger partial charge in [0.2, 0.25) is 0 Å². The van der Waals surface area contributed by atoms with Crippen molar-refractivity contribution >= 4 is 0 Å². The van der Waals surface area contributed by atoms with Gasteiger partial charge in [-0.3, -0.25) is 4.98 Å². The first-order valence-corrected chi connectivity index (χ1v) is 9.59. The highest BCUT2D eigenvalue weighted by atomic mass is 16.5. The lowest BCUT2D eigenvalue weighted by Gasteiger charge is -2.17. The molecule has 0 aliphatic rings. The van der Waals surface area contributed by atoms with Gasteiger partial charge in [-0.1, -0.05) is 91.9 Å². The van der Waals surface area contributed by atoms with E-state index in [9.17, 15) is 0 Å². The minimum Gasteiger partial charge on any atom is -0.489 e. The predicted octanol–water partition coefficient (Wildman–Crippen LogP) is 6.48. The highest BCUT2D eigenvalue weighted by Crippen LogP contribution is 2.32. The van der Waals surface area contributed by atoms with Gasteiger partial charge in [0.25, 0.3) is 0 Å². The van der Waals surface area contributed by atoms with Gasteiger partial charge in [-0.05, 0) is 23.8 Å². The molecule has 0 N–H and O–H groups in total. The molecule has 28 heavy (non-hydrogen) atoms. The van der Waals surface area contributed by atoms with Gasteiger partial charge in [-0.25, -0.2) is 0 Å². The van der Waals surface area contributed by atoms with Crippen molar-refractivity contribution in [2.24, 2.45) is 0 Å². The number of pyridine rings is 1. The molecule has 0 saturated heterocycles. The highest BCUT2D eigenvalue weighted by Gasteiger charge is 2.15. The Morgan fingerprint density at radius 2 is 1.39 bits per heavy atom. The van der Waals surface area contributed by atoms with E-state index < -0.39 is 0 Å². The summed E-state index contributed by atoms with van der Waals surface area (Å²) in [6, 6.07) is 35.0. The quantitative estimate of drug-likeness (QED) is 0.390. The molecule has 1 unspecified atom stereocenters. The molecule has 0 aliphatic heterocycles. The van der Waals surface area contributed by atoms with Gasteiger partial charge in [0, 0.05) is 22.7 Å². The van der Waals surface area contributed by atoms with Crippen LogP contribution in [0.2, 0.25) is 0 Å². The van der Waals surface area contributed by atoms with Gasteiger partial charge >= 0.3 is 0 Å². The molecule has 2 nitrogen and oxygen atoms in total. The summed E-state index contributed by atoms with van der Waals surface area (Å²) in [6.45, 7) is 2.74. The number of rotatable bonds is 6. The number of hydrogen-bond acceptors (Lipinski definition) is 2. The summed E-state index contributed by atoms with van der Waals surface area (Å²) in [6.07, 6.45) is 0. The predicted molar refractivity (Wildman–Crippen MR) is 114 cm³/mol. The zero-order valence-electron chi connectivity index (χ0n) is 16.0. The minimum atomic E-state index is 0.135. The lowest BCUT2D eigenvalue weighted by atomic mass is 9.95. The maximum absolute atomic E-state index is 6.15. The smallest absolute Gasteiger partial charge is 0.123 e. The second-order valence-electron chi connectivity index (χ2n) is 6.85. The molecule has 138 valence electrons. The summed E-state index contributed by atoms with van der Waals surface area (Å²) in [7, 11) is 0. The van der Waals surface area contributed by atoms with Crippen LogP contribution in [0, 0.1) is 0 Å². The molecule has 3 aromatic carbocycles. The van der Waals surface area contributed by atoms with E-state index in [1.807, 2.05) is 48.5 Å². The normalized spacial score (nSPS) is 11.8. The van der Waals surface area contributed by atoms with Crippen LogP contribution in [-0.4, -0.2) is 4.98 Å². The lowest BCUT2D eigenvalue weighted by Crippen LogP contribution is -2.04. The second kappa shape index (κ2) is 8.53. The Kier molecular flexibility index (Phi) is 5.48. The van der Waals surface area contributed by atoms with E-state index in [0.717, 1.165) is 33.8 Å². The summed E-state index contributed by atoms with van der Waals surface area (Å²) in [5.41, 5.74) is 5.47. The fourth-order valence-corrected chi connectivity index (χ4v) is 3.33. The van der Waals surface area contributed by atoms with Gasteiger partial charge in [0.1, 0.15) is 12.4 Å². The fourth-order valence-electron chi connectivity index (χ4n) is 3.33. The average molecular weight is 365 g/mol. The Balaban J connectivity index is 1.59. The number of benzene rings is 3. The van der Waals surface area contributed by atoms with Crippen molar-refractivity contribution in [3.05, 3.63) is 120 Å². The van der Waals surface area contributed by atoms with E-state index >= 15 is 0 Å². The third-order valence-electron chi connectivity index (χ3n) is 4.91. The summed E-state index contributed by atoms with van der Waals surface area (Å²) < 4.78 is 6.15. The maximum atomic E-state index is 6.15. The van der Waals surface area contributed by atoms with Crippen molar-refractivity contribution in [3.8, 4) is 17.0 Å². The molecule has 2 heteroatoms. The Morgan fingerprint density at radius 1 is 0.714 bits per heavy atom. The molecule has 0 bridgehead atoms. The van der Waals surface area contributed by atoms with Crippen LogP contribution in [0.5, 0.6) is 5.75 Å². The monoisotopic (exact) mass is 365 g/mol. The van der Waals surface area contributed by atoms with E-state index in [0.29, 0.717) is 6.61 Å². The van der Waals surface area contributed by atoms with Crippen LogP contribution in [-0.2, 0) is 6.61 Å². The van der Waals surface area contributed by atoms with E-state index in [1.165, 1.54) is 0 Å². The second-order valence-corrected chi connectivity index (χ2v) is 6.85. The molecule has 1 aromatic heterocycles. The van der Waals surface area contributed by atoms with Crippen molar-refractivity contribution in [1.29, 1.82) is 0 Å². The summed E-state index contributed by atoms with van der Waals surface area (Å²) in [4.78, 5) is 4.92. The highest BCUT2D eigenvalue weighted by molar-refractivity contribution is 5.59. The van der Waals surface area contributed by atoms with Crippen molar-refractivity contribution in [2.45, 2.75) is 19.4 Å². The molecular formula is C26H23NO. The molecule has 1 heterocycles. The SMILES string of the molecule is CC(c1cccc(-c2ccccc2)n1)c1ccccc1OCc1ccccc1. The van der Waals surface area contributed by atoms with Crippen LogP contribution in [0.25, 0.3) is 11.3 Å². The average Bonchev–Trinajstić information content (AvgIpc) is 2.79. The summed E-state index contributed by atoms with van der Waals surface area (Å²) >= 11 is 0. The Labute approximate surface area is 166 Å². The molecule has 4 aromatic rings. The first-order chi connectivity index (χ1) is 13.8. The molecule has 0 radical (unpaired) electrons. The standard InChI is InChI=1S/C26H23NO/c1-20(24-16-10-17-25(27-24)22-13-6-3-7-14-22)23-15-8-9-18-26(23)28-19-21-11-4-2-5-12-21/h2-18,20H,19H2,1H3. The van der Waals surface area contributed by atoms with Crippen molar-refractivity contribution in [1.82, 2.24) is 4.98 Å². The van der Waals surface area contributed by atoms with E-state index in [4.69, 9.17) is 9.72 Å². The maximum Gasteiger partial charge on any atom is 0.123 e. The fraction of sp³-hybridized carbons (Fsp3) is 0.115. The lowest BCUT2D eigenvalue weighted by molar-refractivity contribution is 0.302. The Bertz CT molecular complexity index is 1030. The Hall–Kier alpha value is -3.39. The molecule has 4 rings (SSSR count). The molecular weight excluding hydrogens is 342 g/mol. The molecule has 0 fully saturated rings. The zero-order chi connectivity index (χ0) is 19.2. The van der Waals surface area contributed by atoms with Gasteiger partial charge in [0.15, 0.2) is 0 Å². The zero-order valence-corrected chi connectivity index (χ0v) is 16.0. The van der Waals surface area contributed by atoms with Gasteiger partial charge < -0.3 is 4.74 Å². The largest absolute Gasteiger partial charge is 0.489 e. The summed E-state index contributed by atoms with van der Waals surface area (Å²) in [5, 5.41) is 0. The molecule has 0 amide bonds. The van der Waals surface area contributed by atoms with Crippen LogP contribution >= 0.6 is 0 Å². The number of hydrogen-bond donors (Lipinski definition) is 0. The van der Waals surface area contributed by atoms with E-state index in [2.05, 4.69) is 61.5 Å². The van der Waals surface area contributed by atoms with Crippen LogP contribution in [0.1, 0.15) is 29.7 Å².